The lowest BCUT2D eigenvalue weighted by Gasteiger charge is -2.35. The Morgan fingerprint density at radius 3 is 2.71 bits per heavy atom. The smallest absolute Gasteiger partial charge is 0.258 e. The molecule has 0 amide bonds. The van der Waals surface area contributed by atoms with Crippen molar-refractivity contribution in [1.82, 2.24) is 0 Å². The summed E-state index contributed by atoms with van der Waals surface area (Å²) in [4.78, 5) is 10.4. The Morgan fingerprint density at radius 2 is 2.14 bits per heavy atom. The van der Waals surface area contributed by atoms with Gasteiger partial charge in [0, 0.05) is 10.9 Å². The van der Waals surface area contributed by atoms with Crippen molar-refractivity contribution < 1.29 is 9.31 Å². The third kappa shape index (κ3) is 4.02. The fourth-order valence-corrected chi connectivity index (χ4v) is 3.88. The molecule has 1 aliphatic carbocycles. The summed E-state index contributed by atoms with van der Waals surface area (Å²) >= 11 is 3.74. The lowest BCUT2D eigenvalue weighted by atomic mass is 9.74. The van der Waals surface area contributed by atoms with E-state index in [0.29, 0.717) is 22.6 Å². The van der Waals surface area contributed by atoms with Crippen LogP contribution in [0.2, 0.25) is 0 Å². The summed E-state index contributed by atoms with van der Waals surface area (Å²) in [5.41, 5.74) is 0.398. The average Bonchev–Trinajstić information content (AvgIpc) is 2.40. The summed E-state index contributed by atoms with van der Waals surface area (Å²) in [5.74, 6) is 1.11. The van der Waals surface area contributed by atoms with Gasteiger partial charge >= 0.3 is 5.69 Å². The summed E-state index contributed by atoms with van der Waals surface area (Å²) in [5, 5.41) is 10.7. The lowest BCUT2D eigenvalue weighted by molar-refractivity contribution is -0.387. The van der Waals surface area contributed by atoms with Crippen molar-refractivity contribution in [3.05, 3.63) is 39.7 Å². The van der Waals surface area contributed by atoms with E-state index >= 15 is 0 Å². The highest BCUT2D eigenvalue weighted by Crippen LogP contribution is 2.39. The molecule has 1 saturated carbocycles. The van der Waals surface area contributed by atoms with Gasteiger partial charge in [-0.1, -0.05) is 35.8 Å². The third-order valence-electron chi connectivity index (χ3n) is 4.58. The first-order valence-corrected chi connectivity index (χ1v) is 8.37. The molecule has 0 saturated heterocycles. The molecule has 0 aromatic heterocycles. The molecule has 0 spiro atoms. The SMILES string of the molecule is CC(C)C1CCC(Br)C(Cc2ccc([N+](=O)[O-])c(F)c2)C1. The van der Waals surface area contributed by atoms with Crippen LogP contribution < -0.4 is 0 Å². The molecule has 1 aliphatic rings. The van der Waals surface area contributed by atoms with Crippen LogP contribution in [-0.2, 0) is 6.42 Å². The van der Waals surface area contributed by atoms with Crippen molar-refractivity contribution in [1.29, 1.82) is 0 Å². The van der Waals surface area contributed by atoms with Gasteiger partial charge in [0.25, 0.3) is 0 Å². The molecule has 1 aromatic rings. The second-order valence-electron chi connectivity index (χ2n) is 6.34. The van der Waals surface area contributed by atoms with E-state index in [0.717, 1.165) is 24.8 Å². The van der Waals surface area contributed by atoms with Gasteiger partial charge in [0.1, 0.15) is 0 Å². The molecule has 3 unspecified atom stereocenters. The second kappa shape index (κ2) is 6.86. The number of benzene rings is 1. The Kier molecular flexibility index (Phi) is 5.36. The van der Waals surface area contributed by atoms with Gasteiger partial charge in [0.2, 0.25) is 5.82 Å². The number of nitrogens with zero attached hydrogens (tertiary/aromatic N) is 1. The zero-order valence-electron chi connectivity index (χ0n) is 12.4. The number of rotatable bonds is 4. The quantitative estimate of drug-likeness (QED) is 0.426. The van der Waals surface area contributed by atoms with Crippen molar-refractivity contribution in [2.75, 3.05) is 0 Å². The largest absolute Gasteiger partial charge is 0.304 e. The molecule has 0 bridgehead atoms. The molecule has 0 heterocycles. The minimum atomic E-state index is -0.736. The van der Waals surface area contributed by atoms with E-state index in [1.54, 1.807) is 6.07 Å². The van der Waals surface area contributed by atoms with Crippen molar-refractivity contribution in [2.45, 2.75) is 44.4 Å². The molecule has 1 aromatic carbocycles. The third-order valence-corrected chi connectivity index (χ3v) is 5.79. The molecule has 1 fully saturated rings. The van der Waals surface area contributed by atoms with E-state index in [1.807, 2.05) is 0 Å². The van der Waals surface area contributed by atoms with E-state index in [4.69, 9.17) is 0 Å². The monoisotopic (exact) mass is 357 g/mol. The van der Waals surface area contributed by atoms with Gasteiger partial charge in [-0.15, -0.1) is 0 Å². The van der Waals surface area contributed by atoms with Gasteiger partial charge < -0.3 is 0 Å². The van der Waals surface area contributed by atoms with E-state index in [-0.39, 0.29) is 0 Å². The molecule has 5 heteroatoms. The summed E-state index contributed by atoms with van der Waals surface area (Å²) < 4.78 is 13.7. The first kappa shape index (κ1) is 16.4. The van der Waals surface area contributed by atoms with Crippen LogP contribution in [0.3, 0.4) is 0 Å². The maximum Gasteiger partial charge on any atom is 0.304 e. The highest BCUT2D eigenvalue weighted by atomic mass is 79.9. The Labute approximate surface area is 133 Å². The summed E-state index contributed by atoms with van der Waals surface area (Å²) in [6, 6.07) is 4.27. The predicted molar refractivity (Wildman–Crippen MR) is 85.1 cm³/mol. The van der Waals surface area contributed by atoms with Crippen LogP contribution >= 0.6 is 15.9 Å². The molecule has 0 radical (unpaired) electrons. The number of nitro groups is 1. The van der Waals surface area contributed by atoms with Crippen molar-refractivity contribution >= 4 is 21.6 Å². The second-order valence-corrected chi connectivity index (χ2v) is 7.52. The van der Waals surface area contributed by atoms with E-state index in [2.05, 4.69) is 29.8 Å². The van der Waals surface area contributed by atoms with Crippen LogP contribution in [0, 0.1) is 33.7 Å². The summed E-state index contributed by atoms with van der Waals surface area (Å²) in [6.07, 6.45) is 4.28. The fraction of sp³-hybridized carbons (Fsp3) is 0.625. The zero-order valence-corrected chi connectivity index (χ0v) is 14.0. The number of hydrogen-bond donors (Lipinski definition) is 0. The van der Waals surface area contributed by atoms with E-state index in [9.17, 15) is 14.5 Å². The fourth-order valence-electron chi connectivity index (χ4n) is 3.21. The first-order valence-electron chi connectivity index (χ1n) is 7.45. The molecule has 3 nitrogen and oxygen atoms in total. The lowest BCUT2D eigenvalue weighted by Crippen LogP contribution is -2.29. The topological polar surface area (TPSA) is 43.1 Å². The molecule has 3 atom stereocenters. The maximum atomic E-state index is 13.7. The predicted octanol–water partition coefficient (Wildman–Crippen LogP) is 5.11. The molecule has 0 N–H and O–H groups in total. The molecular formula is C16H21BrFNO2. The summed E-state index contributed by atoms with van der Waals surface area (Å²) in [6.45, 7) is 4.50. The van der Waals surface area contributed by atoms with Crippen LogP contribution in [0.15, 0.2) is 18.2 Å². The standard InChI is InChI=1S/C16H21BrFNO2/c1-10(2)12-4-5-14(17)13(9-12)7-11-3-6-16(19(20)21)15(18)8-11/h3,6,8,10,12-14H,4-5,7,9H2,1-2H3. The van der Waals surface area contributed by atoms with Crippen LogP contribution in [0.5, 0.6) is 0 Å². The number of alkyl halides is 1. The van der Waals surface area contributed by atoms with Gasteiger partial charge in [-0.3, -0.25) is 10.1 Å². The molecule has 2 rings (SSSR count). The number of nitro benzene ring substituents is 1. The Morgan fingerprint density at radius 1 is 1.43 bits per heavy atom. The number of hydrogen-bond acceptors (Lipinski definition) is 2. The van der Waals surface area contributed by atoms with Crippen LogP contribution in [0.1, 0.15) is 38.7 Å². The van der Waals surface area contributed by atoms with Crippen molar-refractivity contribution in [3.63, 3.8) is 0 Å². The van der Waals surface area contributed by atoms with Gasteiger partial charge in [0.15, 0.2) is 0 Å². The van der Waals surface area contributed by atoms with Crippen molar-refractivity contribution in [3.8, 4) is 0 Å². The van der Waals surface area contributed by atoms with Crippen molar-refractivity contribution in [2.24, 2.45) is 17.8 Å². The molecule has 116 valence electrons. The van der Waals surface area contributed by atoms with Crippen LogP contribution in [-0.4, -0.2) is 9.75 Å². The van der Waals surface area contributed by atoms with Gasteiger partial charge in [-0.2, -0.15) is 4.39 Å². The maximum absolute atomic E-state index is 13.7. The normalized spacial score (nSPS) is 26.0. The number of halogens is 2. The molecule has 21 heavy (non-hydrogen) atoms. The molecular weight excluding hydrogens is 337 g/mol. The highest BCUT2D eigenvalue weighted by Gasteiger charge is 2.30. The minimum absolute atomic E-state index is 0.446. The van der Waals surface area contributed by atoms with Crippen LogP contribution in [0.25, 0.3) is 0 Å². The Balaban J connectivity index is 2.09. The average molecular weight is 358 g/mol. The Bertz CT molecular complexity index is 521. The van der Waals surface area contributed by atoms with E-state index < -0.39 is 16.4 Å². The van der Waals surface area contributed by atoms with Gasteiger partial charge in [-0.05, 0) is 55.1 Å². The first-order chi connectivity index (χ1) is 9.88. The summed E-state index contributed by atoms with van der Waals surface area (Å²) in [7, 11) is 0. The molecule has 0 aliphatic heterocycles. The van der Waals surface area contributed by atoms with E-state index in [1.165, 1.54) is 18.6 Å². The Hall–Kier alpha value is -0.970. The zero-order chi connectivity index (χ0) is 15.6. The minimum Gasteiger partial charge on any atom is -0.258 e. The van der Waals surface area contributed by atoms with Gasteiger partial charge in [0.05, 0.1) is 4.92 Å². The van der Waals surface area contributed by atoms with Crippen LogP contribution in [0.4, 0.5) is 10.1 Å². The highest BCUT2D eigenvalue weighted by molar-refractivity contribution is 9.09. The van der Waals surface area contributed by atoms with Gasteiger partial charge in [-0.25, -0.2) is 0 Å².